The Balaban J connectivity index is 1.56. The van der Waals surface area contributed by atoms with E-state index < -0.39 is 0 Å². The molecule has 5 rings (SSSR count). The van der Waals surface area contributed by atoms with Gasteiger partial charge in [0.1, 0.15) is 0 Å². The first kappa shape index (κ1) is 16.0. The Labute approximate surface area is 158 Å². The number of hydrogen-bond donors (Lipinski definition) is 0. The third-order valence-corrected chi connectivity index (χ3v) is 5.68. The van der Waals surface area contributed by atoms with E-state index in [2.05, 4.69) is 24.3 Å². The molecule has 0 saturated carbocycles. The molecule has 0 spiro atoms. The molecule has 0 saturated heterocycles. The van der Waals surface area contributed by atoms with Crippen molar-refractivity contribution in [3.8, 4) is 11.1 Å². The second-order valence-electron chi connectivity index (χ2n) is 7.28. The number of carbonyl (C=O) groups excluding carboxylic acids is 2. The Kier molecular flexibility index (Phi) is 3.68. The zero-order valence-electron chi connectivity index (χ0n) is 14.9. The molecule has 3 heteroatoms. The summed E-state index contributed by atoms with van der Waals surface area (Å²) in [6, 6.07) is 24.1. The summed E-state index contributed by atoms with van der Waals surface area (Å²) in [6.45, 7) is 1.13. The number of carbonyl (C=O) groups is 2. The Morgan fingerprint density at radius 2 is 1.26 bits per heavy atom. The lowest BCUT2D eigenvalue weighted by Crippen LogP contribution is -2.33. The SMILES string of the molecule is O=C1CC(C(=O)N2Cc3ccccc3-c3ccccc3C2)c2ccccc21. The van der Waals surface area contributed by atoms with Crippen LogP contribution < -0.4 is 0 Å². The fraction of sp³-hybridized carbons (Fsp3) is 0.167. The van der Waals surface area contributed by atoms with E-state index in [0.29, 0.717) is 18.7 Å². The second-order valence-corrected chi connectivity index (χ2v) is 7.28. The molecule has 3 aromatic carbocycles. The normalized spacial score (nSPS) is 17.7. The molecule has 0 bridgehead atoms. The van der Waals surface area contributed by atoms with E-state index in [-0.39, 0.29) is 24.0 Å². The lowest BCUT2D eigenvalue weighted by molar-refractivity contribution is -0.133. The fourth-order valence-corrected chi connectivity index (χ4v) is 4.37. The van der Waals surface area contributed by atoms with E-state index in [1.807, 2.05) is 53.4 Å². The maximum absolute atomic E-state index is 13.5. The van der Waals surface area contributed by atoms with Crippen molar-refractivity contribution in [1.29, 1.82) is 0 Å². The van der Waals surface area contributed by atoms with Crippen LogP contribution in [0.3, 0.4) is 0 Å². The first-order valence-corrected chi connectivity index (χ1v) is 9.29. The number of Topliss-reactive ketones (excluding diaryl/α,β-unsaturated/α-hetero) is 1. The van der Waals surface area contributed by atoms with E-state index in [9.17, 15) is 9.59 Å². The van der Waals surface area contributed by atoms with Gasteiger partial charge in [-0.3, -0.25) is 9.59 Å². The van der Waals surface area contributed by atoms with Crippen LogP contribution in [-0.4, -0.2) is 16.6 Å². The van der Waals surface area contributed by atoms with Gasteiger partial charge in [-0.1, -0.05) is 72.8 Å². The quantitative estimate of drug-likeness (QED) is 0.643. The summed E-state index contributed by atoms with van der Waals surface area (Å²) in [5.74, 6) is -0.259. The molecule has 1 atom stereocenters. The Hall–Kier alpha value is -3.20. The van der Waals surface area contributed by atoms with Crippen molar-refractivity contribution in [2.75, 3.05) is 0 Å². The molecule has 2 aliphatic rings. The van der Waals surface area contributed by atoms with Gasteiger partial charge in [-0.2, -0.15) is 0 Å². The number of amides is 1. The molecule has 27 heavy (non-hydrogen) atoms. The minimum Gasteiger partial charge on any atom is -0.333 e. The molecular formula is C24H19NO2. The van der Waals surface area contributed by atoms with Gasteiger partial charge >= 0.3 is 0 Å². The summed E-state index contributed by atoms with van der Waals surface area (Å²) >= 11 is 0. The minimum atomic E-state index is -0.369. The van der Waals surface area contributed by atoms with E-state index >= 15 is 0 Å². The smallest absolute Gasteiger partial charge is 0.231 e. The molecule has 0 N–H and O–H groups in total. The van der Waals surface area contributed by atoms with Gasteiger partial charge in [-0.15, -0.1) is 0 Å². The lowest BCUT2D eigenvalue weighted by Gasteiger charge is -2.25. The lowest BCUT2D eigenvalue weighted by atomic mass is 9.97. The second kappa shape index (κ2) is 6.20. The highest BCUT2D eigenvalue weighted by atomic mass is 16.2. The summed E-state index contributed by atoms with van der Waals surface area (Å²) in [4.78, 5) is 27.7. The largest absolute Gasteiger partial charge is 0.333 e. The van der Waals surface area contributed by atoms with Crippen molar-refractivity contribution in [2.45, 2.75) is 25.4 Å². The van der Waals surface area contributed by atoms with Gasteiger partial charge in [0.05, 0.1) is 5.92 Å². The molecule has 1 aliphatic heterocycles. The Morgan fingerprint density at radius 3 is 1.89 bits per heavy atom. The highest BCUT2D eigenvalue weighted by Crippen LogP contribution is 2.37. The minimum absolute atomic E-state index is 0.0415. The molecule has 1 unspecified atom stereocenters. The fourth-order valence-electron chi connectivity index (χ4n) is 4.37. The van der Waals surface area contributed by atoms with Crippen LogP contribution in [0.2, 0.25) is 0 Å². The van der Waals surface area contributed by atoms with Crippen LogP contribution in [0.15, 0.2) is 72.8 Å². The van der Waals surface area contributed by atoms with Gasteiger partial charge in [0.15, 0.2) is 5.78 Å². The zero-order chi connectivity index (χ0) is 18.4. The first-order chi connectivity index (χ1) is 13.2. The number of hydrogen-bond acceptors (Lipinski definition) is 2. The van der Waals surface area contributed by atoms with Crippen LogP contribution in [0.1, 0.15) is 39.4 Å². The average molecular weight is 353 g/mol. The van der Waals surface area contributed by atoms with Gasteiger partial charge in [-0.05, 0) is 27.8 Å². The molecule has 1 aliphatic carbocycles. The van der Waals surface area contributed by atoms with Gasteiger partial charge in [0, 0.05) is 25.1 Å². The van der Waals surface area contributed by atoms with Crippen LogP contribution in [0.25, 0.3) is 11.1 Å². The molecule has 0 radical (unpaired) electrons. The molecule has 3 nitrogen and oxygen atoms in total. The van der Waals surface area contributed by atoms with Gasteiger partial charge in [-0.25, -0.2) is 0 Å². The molecule has 3 aromatic rings. The topological polar surface area (TPSA) is 37.4 Å². The summed E-state index contributed by atoms with van der Waals surface area (Å²) in [5, 5.41) is 0. The van der Waals surface area contributed by atoms with Gasteiger partial charge in [0.2, 0.25) is 5.91 Å². The number of ketones is 1. The predicted molar refractivity (Wildman–Crippen MR) is 104 cm³/mol. The standard InChI is InChI=1S/C24H19NO2/c26-23-13-22(20-11-5-6-12-21(20)23)24(27)25-14-16-7-1-3-9-18(16)19-10-4-2-8-17(19)15-25/h1-12,22H,13-15H2. The summed E-state index contributed by atoms with van der Waals surface area (Å²) in [5.41, 5.74) is 6.24. The van der Waals surface area contributed by atoms with Gasteiger partial charge < -0.3 is 4.90 Å². The van der Waals surface area contributed by atoms with Crippen molar-refractivity contribution >= 4 is 11.7 Å². The molecule has 0 aromatic heterocycles. The van der Waals surface area contributed by atoms with Crippen LogP contribution in [0.4, 0.5) is 0 Å². The van der Waals surface area contributed by atoms with E-state index in [0.717, 1.165) is 16.7 Å². The van der Waals surface area contributed by atoms with Crippen molar-refractivity contribution in [3.63, 3.8) is 0 Å². The van der Waals surface area contributed by atoms with Gasteiger partial charge in [0.25, 0.3) is 0 Å². The molecule has 132 valence electrons. The third kappa shape index (κ3) is 2.58. The Morgan fingerprint density at radius 1 is 0.741 bits per heavy atom. The summed E-state index contributed by atoms with van der Waals surface area (Å²) in [6.07, 6.45) is 0.276. The van der Waals surface area contributed by atoms with Crippen molar-refractivity contribution in [2.24, 2.45) is 0 Å². The van der Waals surface area contributed by atoms with Crippen molar-refractivity contribution in [3.05, 3.63) is 95.1 Å². The van der Waals surface area contributed by atoms with Crippen molar-refractivity contribution in [1.82, 2.24) is 4.90 Å². The van der Waals surface area contributed by atoms with E-state index in [1.54, 1.807) is 0 Å². The molecule has 1 amide bonds. The predicted octanol–water partition coefficient (Wildman–Crippen LogP) is 4.57. The van der Waals surface area contributed by atoms with E-state index in [1.165, 1.54) is 11.1 Å². The molecule has 1 heterocycles. The number of benzene rings is 3. The molecule has 0 fully saturated rings. The highest BCUT2D eigenvalue weighted by Gasteiger charge is 2.37. The summed E-state index contributed by atoms with van der Waals surface area (Å²) < 4.78 is 0. The third-order valence-electron chi connectivity index (χ3n) is 5.68. The van der Waals surface area contributed by atoms with Crippen LogP contribution in [0.5, 0.6) is 0 Å². The maximum atomic E-state index is 13.5. The zero-order valence-corrected chi connectivity index (χ0v) is 14.9. The van der Waals surface area contributed by atoms with Crippen LogP contribution in [0, 0.1) is 0 Å². The van der Waals surface area contributed by atoms with Crippen molar-refractivity contribution < 1.29 is 9.59 Å². The Bertz CT molecular complexity index is 1020. The number of rotatable bonds is 1. The number of fused-ring (bicyclic) bond motifs is 4. The van der Waals surface area contributed by atoms with E-state index in [4.69, 9.17) is 0 Å². The average Bonchev–Trinajstić information content (AvgIpc) is 2.94. The monoisotopic (exact) mass is 353 g/mol. The first-order valence-electron chi connectivity index (χ1n) is 9.29. The van der Waals surface area contributed by atoms with Crippen LogP contribution >= 0.6 is 0 Å². The molecular weight excluding hydrogens is 334 g/mol. The maximum Gasteiger partial charge on any atom is 0.231 e. The number of nitrogens with zero attached hydrogens (tertiary/aromatic N) is 1. The van der Waals surface area contributed by atoms with Crippen LogP contribution in [-0.2, 0) is 17.9 Å². The summed E-state index contributed by atoms with van der Waals surface area (Å²) in [7, 11) is 0. The highest BCUT2D eigenvalue weighted by molar-refractivity contribution is 6.06.